The first-order valence-electron chi connectivity index (χ1n) is 7.77. The monoisotopic (exact) mass is 311 g/mol. The van der Waals surface area contributed by atoms with Crippen LogP contribution in [-0.4, -0.2) is 14.2 Å². The maximum absolute atomic E-state index is 6.52. The van der Waals surface area contributed by atoms with Crippen LogP contribution in [0.3, 0.4) is 0 Å². The van der Waals surface area contributed by atoms with E-state index in [0.717, 1.165) is 11.5 Å². The van der Waals surface area contributed by atoms with Crippen LogP contribution in [0.1, 0.15) is 50.6 Å². The van der Waals surface area contributed by atoms with Gasteiger partial charge in [0.1, 0.15) is 0 Å². The van der Waals surface area contributed by atoms with Crippen molar-refractivity contribution in [2.45, 2.75) is 45.1 Å². The molecule has 0 aliphatic heterocycles. The molecule has 1 saturated carbocycles. The van der Waals surface area contributed by atoms with Crippen LogP contribution in [0.4, 0.5) is 0 Å². The summed E-state index contributed by atoms with van der Waals surface area (Å²) in [5.41, 5.74) is 7.56. The number of methoxy groups -OCH3 is 2. The van der Waals surface area contributed by atoms with E-state index >= 15 is 0 Å². The summed E-state index contributed by atoms with van der Waals surface area (Å²) >= 11 is 6.29. The van der Waals surface area contributed by atoms with E-state index in [0.29, 0.717) is 22.4 Å². The van der Waals surface area contributed by atoms with Crippen LogP contribution in [0.15, 0.2) is 12.1 Å². The Morgan fingerprint density at radius 3 is 2.67 bits per heavy atom. The van der Waals surface area contributed by atoms with E-state index in [-0.39, 0.29) is 6.04 Å². The lowest BCUT2D eigenvalue weighted by Gasteiger charge is -2.33. The maximum atomic E-state index is 6.52. The fourth-order valence-electron chi connectivity index (χ4n) is 3.43. The van der Waals surface area contributed by atoms with Crippen molar-refractivity contribution in [3.8, 4) is 11.5 Å². The quantitative estimate of drug-likeness (QED) is 0.866. The van der Waals surface area contributed by atoms with Gasteiger partial charge in [-0.25, -0.2) is 0 Å². The molecule has 1 aliphatic carbocycles. The predicted molar refractivity (Wildman–Crippen MR) is 87.2 cm³/mol. The van der Waals surface area contributed by atoms with Gasteiger partial charge in [0.2, 0.25) is 0 Å². The second kappa shape index (κ2) is 7.37. The van der Waals surface area contributed by atoms with Gasteiger partial charge in [0.25, 0.3) is 0 Å². The number of hydrogen-bond donors (Lipinski definition) is 1. The number of ether oxygens (including phenoxy) is 2. The van der Waals surface area contributed by atoms with Crippen molar-refractivity contribution in [2.24, 2.45) is 17.6 Å². The third-order valence-corrected chi connectivity index (χ3v) is 5.03. The molecule has 118 valence electrons. The van der Waals surface area contributed by atoms with E-state index in [1.54, 1.807) is 14.2 Å². The minimum atomic E-state index is 0.0108. The van der Waals surface area contributed by atoms with Gasteiger partial charge in [-0.1, -0.05) is 37.8 Å². The fourth-order valence-corrected chi connectivity index (χ4v) is 3.73. The second-order valence-electron chi connectivity index (χ2n) is 5.96. The summed E-state index contributed by atoms with van der Waals surface area (Å²) in [6.45, 7) is 2.27. The Kier molecular flexibility index (Phi) is 5.77. The number of benzene rings is 1. The highest BCUT2D eigenvalue weighted by atomic mass is 35.5. The Bertz CT molecular complexity index is 478. The maximum Gasteiger partial charge on any atom is 0.179 e. The molecule has 0 radical (unpaired) electrons. The van der Waals surface area contributed by atoms with Crippen LogP contribution < -0.4 is 15.2 Å². The predicted octanol–water partition coefficient (Wildman–Crippen LogP) is 4.57. The highest BCUT2D eigenvalue weighted by molar-refractivity contribution is 6.32. The highest BCUT2D eigenvalue weighted by Gasteiger charge is 2.27. The molecule has 2 N–H and O–H groups in total. The molecule has 0 bridgehead atoms. The van der Waals surface area contributed by atoms with Gasteiger partial charge in [0.05, 0.1) is 19.2 Å². The van der Waals surface area contributed by atoms with Gasteiger partial charge in [-0.05, 0) is 42.4 Å². The molecule has 1 aromatic rings. The topological polar surface area (TPSA) is 44.5 Å². The van der Waals surface area contributed by atoms with Crippen LogP contribution in [0.2, 0.25) is 5.02 Å². The number of halogens is 1. The largest absolute Gasteiger partial charge is 0.493 e. The Morgan fingerprint density at radius 1 is 1.29 bits per heavy atom. The van der Waals surface area contributed by atoms with Gasteiger partial charge >= 0.3 is 0 Å². The first-order valence-corrected chi connectivity index (χ1v) is 8.15. The average molecular weight is 312 g/mol. The van der Waals surface area contributed by atoms with Gasteiger partial charge in [-0.15, -0.1) is 0 Å². The lowest BCUT2D eigenvalue weighted by Crippen LogP contribution is -2.26. The third kappa shape index (κ3) is 3.64. The molecule has 2 rings (SSSR count). The molecule has 0 saturated heterocycles. The minimum absolute atomic E-state index is 0.0108. The van der Waals surface area contributed by atoms with E-state index in [1.807, 2.05) is 12.1 Å². The van der Waals surface area contributed by atoms with E-state index in [4.69, 9.17) is 26.8 Å². The van der Waals surface area contributed by atoms with Crippen molar-refractivity contribution in [3.05, 3.63) is 22.7 Å². The van der Waals surface area contributed by atoms with Crippen LogP contribution in [-0.2, 0) is 0 Å². The number of nitrogens with two attached hydrogens (primary N) is 1. The van der Waals surface area contributed by atoms with E-state index in [2.05, 4.69) is 6.92 Å². The molecule has 21 heavy (non-hydrogen) atoms. The lowest BCUT2D eigenvalue weighted by atomic mass is 9.75. The summed E-state index contributed by atoms with van der Waals surface area (Å²) in [7, 11) is 3.22. The Hall–Kier alpha value is -0.930. The van der Waals surface area contributed by atoms with Crippen molar-refractivity contribution in [3.63, 3.8) is 0 Å². The third-order valence-electron chi connectivity index (χ3n) is 4.75. The minimum Gasteiger partial charge on any atom is -0.493 e. The summed E-state index contributed by atoms with van der Waals surface area (Å²) < 4.78 is 10.7. The first kappa shape index (κ1) is 16.4. The van der Waals surface area contributed by atoms with Gasteiger partial charge in [0.15, 0.2) is 11.5 Å². The number of rotatable bonds is 5. The zero-order valence-electron chi connectivity index (χ0n) is 13.2. The molecule has 0 amide bonds. The van der Waals surface area contributed by atoms with E-state index in [1.165, 1.54) is 32.1 Å². The molecule has 1 fully saturated rings. The molecular formula is C17H26ClNO2. The van der Waals surface area contributed by atoms with Crippen molar-refractivity contribution >= 4 is 11.6 Å². The van der Waals surface area contributed by atoms with Gasteiger partial charge in [0, 0.05) is 6.04 Å². The van der Waals surface area contributed by atoms with Crippen LogP contribution in [0, 0.1) is 11.8 Å². The molecule has 0 aromatic heterocycles. The molecule has 1 aliphatic rings. The molecule has 3 atom stereocenters. The molecule has 1 aromatic carbocycles. The smallest absolute Gasteiger partial charge is 0.179 e. The summed E-state index contributed by atoms with van der Waals surface area (Å²) in [6.07, 6.45) is 6.27. The van der Waals surface area contributed by atoms with Crippen LogP contribution in [0.5, 0.6) is 11.5 Å². The SMILES string of the molecule is CCC1CCCC(C(N)c2cc(Cl)c(OC)c(OC)c2)C1. The first-order chi connectivity index (χ1) is 10.1. The molecular weight excluding hydrogens is 286 g/mol. The fraction of sp³-hybridized carbons (Fsp3) is 0.647. The Labute approximate surface area is 132 Å². The lowest BCUT2D eigenvalue weighted by molar-refractivity contribution is 0.230. The molecule has 0 heterocycles. The Balaban J connectivity index is 2.22. The summed E-state index contributed by atoms with van der Waals surface area (Å²) in [4.78, 5) is 0. The highest BCUT2D eigenvalue weighted by Crippen LogP contribution is 2.42. The van der Waals surface area contributed by atoms with Gasteiger partial charge in [-0.3, -0.25) is 0 Å². The second-order valence-corrected chi connectivity index (χ2v) is 6.37. The zero-order valence-corrected chi connectivity index (χ0v) is 14.0. The molecule has 3 unspecified atom stereocenters. The van der Waals surface area contributed by atoms with Crippen molar-refractivity contribution in [1.82, 2.24) is 0 Å². The van der Waals surface area contributed by atoms with Crippen molar-refractivity contribution in [1.29, 1.82) is 0 Å². The number of hydrogen-bond acceptors (Lipinski definition) is 3. The van der Waals surface area contributed by atoms with Crippen molar-refractivity contribution < 1.29 is 9.47 Å². The van der Waals surface area contributed by atoms with Crippen LogP contribution in [0.25, 0.3) is 0 Å². The molecule has 0 spiro atoms. The summed E-state index contributed by atoms with van der Waals surface area (Å²) in [6, 6.07) is 3.89. The summed E-state index contributed by atoms with van der Waals surface area (Å²) in [5.74, 6) is 2.56. The van der Waals surface area contributed by atoms with Crippen LogP contribution >= 0.6 is 11.6 Å². The average Bonchev–Trinajstić information content (AvgIpc) is 2.53. The van der Waals surface area contributed by atoms with Gasteiger partial charge in [-0.2, -0.15) is 0 Å². The van der Waals surface area contributed by atoms with Gasteiger partial charge < -0.3 is 15.2 Å². The normalized spacial score (nSPS) is 23.7. The van der Waals surface area contributed by atoms with E-state index < -0.39 is 0 Å². The Morgan fingerprint density at radius 2 is 2.05 bits per heavy atom. The van der Waals surface area contributed by atoms with E-state index in [9.17, 15) is 0 Å². The van der Waals surface area contributed by atoms with Crippen molar-refractivity contribution in [2.75, 3.05) is 14.2 Å². The zero-order chi connectivity index (χ0) is 15.4. The summed E-state index contributed by atoms with van der Waals surface area (Å²) in [5, 5.41) is 0.560. The standard InChI is InChI=1S/C17H26ClNO2/c1-4-11-6-5-7-12(8-11)16(19)13-9-14(18)17(21-3)15(10-13)20-2/h9-12,16H,4-8,19H2,1-3H3. The molecule has 4 heteroatoms. The molecule has 3 nitrogen and oxygen atoms in total.